The van der Waals surface area contributed by atoms with Crippen LogP contribution in [0, 0.1) is 5.82 Å². The van der Waals surface area contributed by atoms with E-state index in [1.54, 1.807) is 0 Å². The fourth-order valence-electron chi connectivity index (χ4n) is 1.84. The molecule has 0 aliphatic heterocycles. The van der Waals surface area contributed by atoms with Gasteiger partial charge in [0.25, 0.3) is 0 Å². The zero-order valence-corrected chi connectivity index (χ0v) is 7.99. The molecule has 68 valence electrons. The van der Waals surface area contributed by atoms with Gasteiger partial charge in [0, 0.05) is 10.6 Å². The molecule has 1 aliphatic carbocycles. The molecule has 0 saturated heterocycles. The first-order chi connectivity index (χ1) is 6.18. The fraction of sp³-hybridized carbons (Fsp3) is 0.273. The third-order valence-corrected chi connectivity index (χ3v) is 2.63. The minimum atomic E-state index is -0.229. The highest BCUT2D eigenvalue weighted by atomic mass is 35.5. The minimum Gasteiger partial charge on any atom is -0.206 e. The van der Waals surface area contributed by atoms with Crippen molar-refractivity contribution in [3.05, 3.63) is 40.7 Å². The summed E-state index contributed by atoms with van der Waals surface area (Å²) in [4.78, 5) is 0. The average Bonchev–Trinajstić information content (AvgIpc) is 2.02. The Morgan fingerprint density at radius 3 is 2.85 bits per heavy atom. The molecule has 0 fully saturated rings. The van der Waals surface area contributed by atoms with Crippen LogP contribution in [-0.2, 0) is 6.42 Å². The van der Waals surface area contributed by atoms with Gasteiger partial charge in [0.1, 0.15) is 5.82 Å². The van der Waals surface area contributed by atoms with Crippen LogP contribution < -0.4 is 0 Å². The predicted octanol–water partition coefficient (Wildman–Crippen LogP) is 3.83. The highest BCUT2D eigenvalue weighted by molar-refractivity contribution is 6.30. The monoisotopic (exact) mass is 196 g/mol. The van der Waals surface area contributed by atoms with Gasteiger partial charge in [-0.1, -0.05) is 18.2 Å². The van der Waals surface area contributed by atoms with Gasteiger partial charge in [-0.15, -0.1) is 0 Å². The Hall–Kier alpha value is -0.820. The summed E-state index contributed by atoms with van der Waals surface area (Å²) >= 11 is 5.76. The van der Waals surface area contributed by atoms with Crippen LogP contribution >= 0.6 is 11.6 Å². The quantitative estimate of drug-likeness (QED) is 0.592. The number of benzene rings is 1. The van der Waals surface area contributed by atoms with E-state index < -0.39 is 0 Å². The maximum absolute atomic E-state index is 13.4. The number of allylic oxidation sites excluding steroid dienone is 1. The summed E-state index contributed by atoms with van der Waals surface area (Å²) in [7, 11) is 0. The van der Waals surface area contributed by atoms with E-state index in [1.165, 1.54) is 6.07 Å². The first-order valence-corrected chi connectivity index (χ1v) is 4.72. The van der Waals surface area contributed by atoms with Crippen LogP contribution in [0.25, 0.3) is 5.57 Å². The Balaban J connectivity index is 2.63. The fourth-order valence-corrected chi connectivity index (χ4v) is 2.06. The number of fused-ring (bicyclic) bond motifs is 1. The zero-order valence-electron chi connectivity index (χ0n) is 7.24. The van der Waals surface area contributed by atoms with E-state index in [-0.39, 0.29) is 5.82 Å². The molecule has 1 aliphatic rings. The van der Waals surface area contributed by atoms with Gasteiger partial charge in [0.2, 0.25) is 0 Å². The molecule has 1 aromatic rings. The summed E-state index contributed by atoms with van der Waals surface area (Å²) in [6, 6.07) is 3.20. The second-order valence-corrected chi connectivity index (χ2v) is 3.82. The van der Waals surface area contributed by atoms with Crippen molar-refractivity contribution >= 4 is 17.2 Å². The molecule has 1 aromatic carbocycles. The molecule has 0 unspecified atom stereocenters. The van der Waals surface area contributed by atoms with Gasteiger partial charge < -0.3 is 0 Å². The lowest BCUT2D eigenvalue weighted by atomic mass is 9.88. The molecule has 2 heteroatoms. The number of rotatable bonds is 0. The van der Waals surface area contributed by atoms with Gasteiger partial charge in [-0.25, -0.2) is 4.39 Å². The molecule has 2 rings (SSSR count). The molecule has 0 radical (unpaired) electrons. The van der Waals surface area contributed by atoms with Crippen molar-refractivity contribution < 1.29 is 4.39 Å². The summed E-state index contributed by atoms with van der Waals surface area (Å²) in [5.41, 5.74) is 2.59. The van der Waals surface area contributed by atoms with Crippen LogP contribution in [0.1, 0.15) is 24.0 Å². The van der Waals surface area contributed by atoms with Crippen molar-refractivity contribution in [1.82, 2.24) is 0 Å². The number of aryl methyl sites for hydroxylation is 1. The van der Waals surface area contributed by atoms with E-state index in [4.69, 9.17) is 11.6 Å². The second kappa shape index (κ2) is 3.15. The number of hydrogen-bond acceptors (Lipinski definition) is 0. The van der Waals surface area contributed by atoms with Gasteiger partial charge in [-0.2, -0.15) is 0 Å². The highest BCUT2D eigenvalue weighted by Crippen LogP contribution is 2.33. The molecular weight excluding hydrogens is 187 g/mol. The first-order valence-electron chi connectivity index (χ1n) is 4.34. The van der Waals surface area contributed by atoms with Crippen molar-refractivity contribution in [2.24, 2.45) is 0 Å². The Kier molecular flexibility index (Phi) is 2.12. The number of halogens is 2. The summed E-state index contributed by atoms with van der Waals surface area (Å²) in [5.74, 6) is -0.229. The molecule has 0 nitrogen and oxygen atoms in total. The number of hydrogen-bond donors (Lipinski definition) is 0. The lowest BCUT2D eigenvalue weighted by Gasteiger charge is -2.18. The average molecular weight is 197 g/mol. The topological polar surface area (TPSA) is 0 Å². The van der Waals surface area contributed by atoms with Crippen LogP contribution in [0.4, 0.5) is 4.39 Å². The first kappa shape index (κ1) is 8.76. The Bertz CT molecular complexity index is 369. The largest absolute Gasteiger partial charge is 0.206 e. The molecule has 0 aromatic heterocycles. The SMILES string of the molecule is C=C1CCCc2cc(Cl)cc(F)c21. The summed E-state index contributed by atoms with van der Waals surface area (Å²) in [5, 5.41) is 0.478. The third kappa shape index (κ3) is 1.49. The maximum Gasteiger partial charge on any atom is 0.132 e. The summed E-state index contributed by atoms with van der Waals surface area (Å²) < 4.78 is 13.4. The van der Waals surface area contributed by atoms with E-state index in [2.05, 4.69) is 6.58 Å². The Morgan fingerprint density at radius 1 is 1.31 bits per heavy atom. The third-order valence-electron chi connectivity index (χ3n) is 2.41. The van der Waals surface area contributed by atoms with Gasteiger partial charge in [0.15, 0.2) is 0 Å². The van der Waals surface area contributed by atoms with E-state index >= 15 is 0 Å². The van der Waals surface area contributed by atoms with Crippen LogP contribution in [0.15, 0.2) is 18.7 Å². The molecule has 0 amide bonds. The van der Waals surface area contributed by atoms with Crippen molar-refractivity contribution in [1.29, 1.82) is 0 Å². The van der Waals surface area contributed by atoms with E-state index in [0.717, 1.165) is 30.4 Å². The molecule has 0 saturated carbocycles. The van der Waals surface area contributed by atoms with Gasteiger partial charge in [0.05, 0.1) is 0 Å². The summed E-state index contributed by atoms with van der Waals surface area (Å²) in [6.07, 6.45) is 2.85. The molecule has 13 heavy (non-hydrogen) atoms. The lowest BCUT2D eigenvalue weighted by Crippen LogP contribution is -2.03. The Labute approximate surface area is 82.0 Å². The highest BCUT2D eigenvalue weighted by Gasteiger charge is 2.17. The molecule has 0 bridgehead atoms. The van der Waals surface area contributed by atoms with Crippen molar-refractivity contribution in [2.75, 3.05) is 0 Å². The normalized spacial score (nSPS) is 15.7. The molecule has 0 atom stereocenters. The maximum atomic E-state index is 13.4. The van der Waals surface area contributed by atoms with Crippen LogP contribution in [0.3, 0.4) is 0 Å². The van der Waals surface area contributed by atoms with E-state index in [1.807, 2.05) is 6.07 Å². The summed E-state index contributed by atoms with van der Waals surface area (Å²) in [6.45, 7) is 3.86. The van der Waals surface area contributed by atoms with Gasteiger partial charge in [-0.05, 0) is 42.5 Å². The standard InChI is InChI=1S/C11H10ClF/c1-7-3-2-4-8-5-9(12)6-10(13)11(7)8/h5-6H,1-4H2. The predicted molar refractivity (Wildman–Crippen MR) is 53.4 cm³/mol. The van der Waals surface area contributed by atoms with E-state index in [9.17, 15) is 4.39 Å². The zero-order chi connectivity index (χ0) is 9.42. The molecule has 0 spiro atoms. The van der Waals surface area contributed by atoms with Crippen molar-refractivity contribution in [3.63, 3.8) is 0 Å². The van der Waals surface area contributed by atoms with E-state index in [0.29, 0.717) is 10.6 Å². The van der Waals surface area contributed by atoms with Crippen LogP contribution in [-0.4, -0.2) is 0 Å². The minimum absolute atomic E-state index is 0.229. The van der Waals surface area contributed by atoms with Gasteiger partial charge in [-0.3, -0.25) is 0 Å². The Morgan fingerprint density at radius 2 is 2.08 bits per heavy atom. The van der Waals surface area contributed by atoms with Crippen molar-refractivity contribution in [3.8, 4) is 0 Å². The van der Waals surface area contributed by atoms with Crippen molar-refractivity contribution in [2.45, 2.75) is 19.3 Å². The van der Waals surface area contributed by atoms with Gasteiger partial charge >= 0.3 is 0 Å². The van der Waals surface area contributed by atoms with Crippen LogP contribution in [0.5, 0.6) is 0 Å². The second-order valence-electron chi connectivity index (χ2n) is 3.38. The smallest absolute Gasteiger partial charge is 0.132 e. The molecule has 0 heterocycles. The lowest BCUT2D eigenvalue weighted by molar-refractivity contribution is 0.615. The molecular formula is C11H10ClF. The van der Waals surface area contributed by atoms with Crippen LogP contribution in [0.2, 0.25) is 5.02 Å². The molecule has 0 N–H and O–H groups in total.